The summed E-state index contributed by atoms with van der Waals surface area (Å²) in [6.07, 6.45) is 8.93. The molecule has 1 atom stereocenters. The molecule has 4 rings (SSSR count). The van der Waals surface area contributed by atoms with Crippen LogP contribution < -0.4 is 15.8 Å². The van der Waals surface area contributed by atoms with Crippen molar-refractivity contribution in [3.05, 3.63) is 77.2 Å². The van der Waals surface area contributed by atoms with Gasteiger partial charge >= 0.3 is 0 Å². The number of ether oxygens (including phenoxy) is 1. The number of nitrogens with zero attached hydrogens (tertiary/aromatic N) is 1. The summed E-state index contributed by atoms with van der Waals surface area (Å²) in [6, 6.07) is 9.13. The fraction of sp³-hybridized carbons (Fsp3) is 0.370. The van der Waals surface area contributed by atoms with E-state index in [0.29, 0.717) is 41.8 Å². The van der Waals surface area contributed by atoms with E-state index in [1.807, 2.05) is 18.2 Å². The summed E-state index contributed by atoms with van der Waals surface area (Å²) in [5.41, 5.74) is 8.03. The van der Waals surface area contributed by atoms with Gasteiger partial charge in [-0.3, -0.25) is 0 Å². The highest BCUT2D eigenvalue weighted by Gasteiger charge is 2.26. The average molecular weight is 470 g/mol. The number of hydrogen-bond donors (Lipinski definition) is 2. The Labute approximate surface area is 198 Å². The number of fused-ring (bicyclic) bond motifs is 1. The summed E-state index contributed by atoms with van der Waals surface area (Å²) in [5, 5.41) is 4.20. The number of rotatable bonds is 8. The van der Waals surface area contributed by atoms with Crippen LogP contribution in [0.25, 0.3) is 17.0 Å². The molecule has 4 nitrogen and oxygen atoms in total. The van der Waals surface area contributed by atoms with Crippen molar-refractivity contribution in [2.24, 2.45) is 11.7 Å². The van der Waals surface area contributed by atoms with Crippen molar-refractivity contribution in [2.45, 2.75) is 44.2 Å². The Morgan fingerprint density at radius 2 is 1.91 bits per heavy atom. The lowest BCUT2D eigenvalue weighted by Gasteiger charge is -2.32. The number of halogens is 3. The van der Waals surface area contributed by atoms with E-state index < -0.39 is 11.6 Å². The molecule has 34 heavy (non-hydrogen) atoms. The molecule has 1 heterocycles. The monoisotopic (exact) mass is 469 g/mol. The molecule has 1 aliphatic carbocycles. The lowest BCUT2D eigenvalue weighted by Crippen LogP contribution is -2.40. The summed E-state index contributed by atoms with van der Waals surface area (Å²) in [4.78, 5) is 4.21. The van der Waals surface area contributed by atoms with E-state index in [-0.39, 0.29) is 17.4 Å². The summed E-state index contributed by atoms with van der Waals surface area (Å²) in [5.74, 6) is -0.309. The highest BCUT2D eigenvalue weighted by molar-refractivity contribution is 5.87. The van der Waals surface area contributed by atoms with Crippen LogP contribution in [0.4, 0.5) is 13.2 Å². The smallest absolute Gasteiger partial charge is 0.145 e. The minimum atomic E-state index is -0.456. The molecule has 0 saturated heterocycles. The molecule has 7 heteroatoms. The number of nitrogens with two attached hydrogens (primary N) is 1. The van der Waals surface area contributed by atoms with E-state index in [1.54, 1.807) is 19.3 Å². The Balaban J connectivity index is 1.30. The lowest BCUT2D eigenvalue weighted by atomic mass is 9.79. The number of pyridine rings is 1. The highest BCUT2D eigenvalue weighted by Crippen LogP contribution is 2.31. The molecule has 0 amide bonds. The Bertz CT molecular complexity index is 1160. The molecule has 180 valence electrons. The molecule has 3 N–H and O–H groups in total. The zero-order chi connectivity index (χ0) is 24.1. The van der Waals surface area contributed by atoms with Crippen LogP contribution in [0.5, 0.6) is 5.75 Å². The van der Waals surface area contributed by atoms with Gasteiger partial charge in [-0.05, 0) is 62.3 Å². The highest BCUT2D eigenvalue weighted by atomic mass is 19.1. The zero-order valence-corrected chi connectivity index (χ0v) is 19.2. The second-order valence-electron chi connectivity index (χ2n) is 8.90. The van der Waals surface area contributed by atoms with Crippen molar-refractivity contribution in [1.82, 2.24) is 10.3 Å². The molecule has 1 saturated carbocycles. The van der Waals surface area contributed by atoms with Crippen LogP contribution in [-0.2, 0) is 6.42 Å². The first-order chi connectivity index (χ1) is 16.5. The predicted octanol–water partition coefficient (Wildman–Crippen LogP) is 5.39. The van der Waals surface area contributed by atoms with E-state index in [9.17, 15) is 13.2 Å². The van der Waals surface area contributed by atoms with Crippen molar-refractivity contribution in [1.29, 1.82) is 0 Å². The van der Waals surface area contributed by atoms with Gasteiger partial charge in [0.25, 0.3) is 0 Å². The second kappa shape index (κ2) is 11.0. The molecule has 1 aromatic heterocycles. The minimum Gasteiger partial charge on any atom is -0.494 e. The molecule has 0 radical (unpaired) electrons. The van der Waals surface area contributed by atoms with Gasteiger partial charge in [0, 0.05) is 35.1 Å². The Morgan fingerprint density at radius 3 is 2.68 bits per heavy atom. The topological polar surface area (TPSA) is 60.2 Å². The van der Waals surface area contributed by atoms with Gasteiger partial charge in [-0.15, -0.1) is 0 Å². The zero-order valence-electron chi connectivity index (χ0n) is 19.2. The standard InChI is InChI=1S/C27H30F3N3O/c1-34-26-6-2-5-21-22(24(30)16-33-27(21)26)15-25(31)17-7-10-20(11-8-17)32-13-3-4-18-14-19(28)9-12-23(18)29/h2-6,9,12,14,16-17,20,25,32H,7-8,10-11,13,15,31H2,1H3/b4-3+/t17?,20?,25-/m1/s1. The van der Waals surface area contributed by atoms with Gasteiger partial charge in [0.05, 0.1) is 13.3 Å². The van der Waals surface area contributed by atoms with Crippen molar-refractivity contribution in [3.8, 4) is 5.75 Å². The number of benzene rings is 2. The normalized spacial score (nSPS) is 19.6. The Hall–Kier alpha value is -2.90. The fourth-order valence-corrected chi connectivity index (χ4v) is 4.82. The molecule has 0 aliphatic heterocycles. The quantitative estimate of drug-likeness (QED) is 0.464. The second-order valence-corrected chi connectivity index (χ2v) is 8.90. The first-order valence-corrected chi connectivity index (χ1v) is 11.7. The predicted molar refractivity (Wildman–Crippen MR) is 129 cm³/mol. The Kier molecular flexibility index (Phi) is 7.85. The maximum atomic E-state index is 14.7. The van der Waals surface area contributed by atoms with Gasteiger partial charge in [0.2, 0.25) is 0 Å². The number of aromatic nitrogens is 1. The van der Waals surface area contributed by atoms with Crippen molar-refractivity contribution in [2.75, 3.05) is 13.7 Å². The molecule has 0 bridgehead atoms. The summed E-state index contributed by atoms with van der Waals surface area (Å²) in [6.45, 7) is 0.577. The maximum absolute atomic E-state index is 14.7. The first kappa shape index (κ1) is 24.2. The first-order valence-electron chi connectivity index (χ1n) is 11.7. The van der Waals surface area contributed by atoms with Crippen LogP contribution in [-0.4, -0.2) is 30.7 Å². The number of methoxy groups -OCH3 is 1. The van der Waals surface area contributed by atoms with Gasteiger partial charge in [0.1, 0.15) is 28.7 Å². The van der Waals surface area contributed by atoms with E-state index in [2.05, 4.69) is 10.3 Å². The van der Waals surface area contributed by atoms with Crippen LogP contribution in [0.15, 0.2) is 48.7 Å². The molecular formula is C27H30F3N3O. The van der Waals surface area contributed by atoms with Gasteiger partial charge < -0.3 is 15.8 Å². The van der Waals surface area contributed by atoms with Gasteiger partial charge in [-0.1, -0.05) is 24.3 Å². The molecule has 3 aromatic rings. The third kappa shape index (κ3) is 5.59. The Morgan fingerprint density at radius 1 is 1.12 bits per heavy atom. The molecule has 2 aromatic carbocycles. The van der Waals surface area contributed by atoms with E-state index >= 15 is 0 Å². The van der Waals surface area contributed by atoms with E-state index in [0.717, 1.165) is 43.2 Å². The van der Waals surface area contributed by atoms with Crippen LogP contribution in [0.3, 0.4) is 0 Å². The van der Waals surface area contributed by atoms with Crippen molar-refractivity contribution >= 4 is 17.0 Å². The summed E-state index contributed by atoms with van der Waals surface area (Å²) in [7, 11) is 1.58. The van der Waals surface area contributed by atoms with E-state index in [4.69, 9.17) is 10.5 Å². The summed E-state index contributed by atoms with van der Waals surface area (Å²) >= 11 is 0. The van der Waals surface area contributed by atoms with Crippen molar-refractivity contribution in [3.63, 3.8) is 0 Å². The molecule has 0 spiro atoms. The number of para-hydroxylation sites is 1. The van der Waals surface area contributed by atoms with Crippen LogP contribution in [0, 0.1) is 23.4 Å². The molecule has 0 unspecified atom stereocenters. The number of nitrogens with one attached hydrogen (secondary N) is 1. The van der Waals surface area contributed by atoms with Crippen molar-refractivity contribution < 1.29 is 17.9 Å². The van der Waals surface area contributed by atoms with Crippen LogP contribution in [0.1, 0.15) is 36.8 Å². The van der Waals surface area contributed by atoms with Gasteiger partial charge in [-0.2, -0.15) is 0 Å². The summed E-state index contributed by atoms with van der Waals surface area (Å²) < 4.78 is 47.0. The fourth-order valence-electron chi connectivity index (χ4n) is 4.82. The third-order valence-corrected chi connectivity index (χ3v) is 6.74. The maximum Gasteiger partial charge on any atom is 0.145 e. The third-order valence-electron chi connectivity index (χ3n) is 6.74. The largest absolute Gasteiger partial charge is 0.494 e. The van der Waals surface area contributed by atoms with Crippen LogP contribution >= 0.6 is 0 Å². The van der Waals surface area contributed by atoms with E-state index in [1.165, 1.54) is 12.3 Å². The van der Waals surface area contributed by atoms with Crippen LogP contribution in [0.2, 0.25) is 0 Å². The number of hydrogen-bond acceptors (Lipinski definition) is 4. The molecular weight excluding hydrogens is 439 g/mol. The van der Waals surface area contributed by atoms with Gasteiger partial charge in [-0.25, -0.2) is 18.2 Å². The molecule has 1 aliphatic rings. The van der Waals surface area contributed by atoms with Gasteiger partial charge in [0.15, 0.2) is 0 Å². The average Bonchev–Trinajstić information content (AvgIpc) is 2.85. The SMILES string of the molecule is COc1cccc2c(C[C@@H](N)C3CCC(NC/C=C/c4cc(F)ccc4F)CC3)c(F)cnc12. The lowest BCUT2D eigenvalue weighted by molar-refractivity contribution is 0.260. The minimum absolute atomic E-state index is 0.150. The molecule has 1 fully saturated rings.